The Morgan fingerprint density at radius 3 is 2.00 bits per heavy atom. The van der Waals surface area contributed by atoms with E-state index < -0.39 is 0 Å². The average Bonchev–Trinajstić information content (AvgIpc) is 3.06. The first kappa shape index (κ1) is 24.1. The highest BCUT2D eigenvalue weighted by Crippen LogP contribution is 2.55. The molecule has 0 amide bonds. The number of ether oxygens (including phenoxy) is 2. The molecule has 0 aromatic heterocycles. The van der Waals surface area contributed by atoms with E-state index in [1.807, 2.05) is 0 Å². The molecule has 4 aliphatic rings. The van der Waals surface area contributed by atoms with Gasteiger partial charge in [-0.05, 0) is 67.4 Å². The molecule has 3 nitrogen and oxygen atoms in total. The number of fused-ring (bicyclic) bond motifs is 10. The molecule has 45 heavy (non-hydrogen) atoms. The van der Waals surface area contributed by atoms with E-state index in [9.17, 15) is 0 Å². The van der Waals surface area contributed by atoms with Crippen LogP contribution in [0, 0.1) is 0 Å². The first-order valence-electron chi connectivity index (χ1n) is 15.9. The molecule has 0 unspecified atom stereocenters. The molecule has 7 aromatic carbocycles. The highest BCUT2D eigenvalue weighted by Gasteiger charge is 2.51. The van der Waals surface area contributed by atoms with Crippen LogP contribution in [-0.4, -0.2) is 6.71 Å². The summed E-state index contributed by atoms with van der Waals surface area (Å²) < 4.78 is 14.2. The first-order valence-corrected chi connectivity index (χ1v) is 15.9. The summed E-state index contributed by atoms with van der Waals surface area (Å²) in [6.07, 6.45) is 0.884. The maximum absolute atomic E-state index is 7.18. The summed E-state index contributed by atoms with van der Waals surface area (Å²) in [6.45, 7) is 6.92. The van der Waals surface area contributed by atoms with Crippen LogP contribution in [0.1, 0.15) is 37.5 Å². The minimum Gasteiger partial charge on any atom is -0.458 e. The standard InChI is InChI=1S/C41H28BNO2/c1-41(2,3)25-16-17-31-24(18-25)19-30-28-14-8-9-15-29(28)40-36-37(30)43(31)32-20-22-10-4-6-12-26(22)38-34(32)42(36)35-33(44-38)21-23-11-5-7-13-27(23)39(35)45-40/h4-18,20-21H,19H2,1-3H3. The topological polar surface area (TPSA) is 21.7 Å². The van der Waals surface area contributed by atoms with E-state index >= 15 is 0 Å². The van der Waals surface area contributed by atoms with Crippen LogP contribution in [0.25, 0.3) is 32.3 Å². The minimum absolute atomic E-state index is 0.0108. The van der Waals surface area contributed by atoms with Crippen molar-refractivity contribution in [3.05, 3.63) is 120 Å². The molecule has 0 fully saturated rings. The number of rotatable bonds is 0. The number of hydrogen-bond donors (Lipinski definition) is 0. The summed E-state index contributed by atoms with van der Waals surface area (Å²) in [6, 6.07) is 37.8. The molecule has 0 spiro atoms. The maximum Gasteiger partial charge on any atom is 0.266 e. The average molecular weight is 577 g/mol. The number of hydrogen-bond acceptors (Lipinski definition) is 3. The fraction of sp³-hybridized carbons (Fsp3) is 0.122. The lowest BCUT2D eigenvalue weighted by Gasteiger charge is -2.47. The lowest BCUT2D eigenvalue weighted by atomic mass is 9.32. The van der Waals surface area contributed by atoms with Gasteiger partial charge in [-0.2, -0.15) is 0 Å². The summed E-state index contributed by atoms with van der Waals surface area (Å²) in [5, 5.41) is 7.03. The van der Waals surface area contributed by atoms with Crippen molar-refractivity contribution in [2.24, 2.45) is 0 Å². The van der Waals surface area contributed by atoms with Crippen LogP contribution in [0.4, 0.5) is 17.1 Å². The van der Waals surface area contributed by atoms with E-state index in [1.54, 1.807) is 0 Å². The molecule has 4 heterocycles. The van der Waals surface area contributed by atoms with Gasteiger partial charge in [0.25, 0.3) is 6.71 Å². The van der Waals surface area contributed by atoms with Crippen LogP contribution in [0.5, 0.6) is 23.0 Å². The third-order valence-electron chi connectivity index (χ3n) is 10.6. The highest BCUT2D eigenvalue weighted by atomic mass is 16.5. The zero-order valence-corrected chi connectivity index (χ0v) is 25.4. The van der Waals surface area contributed by atoms with E-state index in [0.717, 1.165) is 51.0 Å². The Kier molecular flexibility index (Phi) is 4.23. The fourth-order valence-electron chi connectivity index (χ4n) is 8.58. The van der Waals surface area contributed by atoms with Gasteiger partial charge < -0.3 is 14.4 Å². The minimum atomic E-state index is 0.0108. The van der Waals surface area contributed by atoms with Crippen molar-refractivity contribution >= 4 is 72.5 Å². The van der Waals surface area contributed by atoms with Crippen molar-refractivity contribution in [3.63, 3.8) is 0 Å². The fourth-order valence-corrected chi connectivity index (χ4v) is 8.58. The zero-order valence-electron chi connectivity index (χ0n) is 25.4. The first-order chi connectivity index (χ1) is 22.0. The number of nitrogens with zero attached hydrogens (tertiary/aromatic N) is 1. The smallest absolute Gasteiger partial charge is 0.266 e. The van der Waals surface area contributed by atoms with Crippen LogP contribution in [-0.2, 0) is 11.8 Å². The van der Waals surface area contributed by atoms with Gasteiger partial charge in [0.2, 0.25) is 0 Å². The second-order valence-electron chi connectivity index (χ2n) is 14.1. The third-order valence-corrected chi connectivity index (χ3v) is 10.6. The molecular formula is C41H28BNO2. The van der Waals surface area contributed by atoms with Crippen LogP contribution >= 0.6 is 0 Å². The summed E-state index contributed by atoms with van der Waals surface area (Å²) >= 11 is 0. The Bertz CT molecular complexity index is 2520. The van der Waals surface area contributed by atoms with Gasteiger partial charge in [0, 0.05) is 45.1 Å². The number of anilines is 3. The molecular weight excluding hydrogens is 549 g/mol. The third kappa shape index (κ3) is 2.89. The normalized spacial score (nSPS) is 14.7. The van der Waals surface area contributed by atoms with E-state index in [2.05, 4.69) is 129 Å². The van der Waals surface area contributed by atoms with E-state index in [4.69, 9.17) is 9.47 Å². The van der Waals surface area contributed by atoms with E-state index in [1.165, 1.54) is 60.8 Å². The molecule has 0 radical (unpaired) electrons. The van der Waals surface area contributed by atoms with Crippen molar-refractivity contribution in [3.8, 4) is 23.0 Å². The largest absolute Gasteiger partial charge is 0.458 e. The van der Waals surface area contributed by atoms with Crippen LogP contribution < -0.4 is 30.8 Å². The van der Waals surface area contributed by atoms with Crippen molar-refractivity contribution < 1.29 is 9.47 Å². The SMILES string of the molecule is CC(C)(C)c1ccc2c(c1)Cc1c3c4c(c5ccccc15)Oc1c5c(cc6ccccc16)Oc1c(c(cc6ccccc16)N23)B54. The highest BCUT2D eigenvalue weighted by molar-refractivity contribution is 7.01. The van der Waals surface area contributed by atoms with Gasteiger partial charge in [-0.15, -0.1) is 0 Å². The zero-order chi connectivity index (χ0) is 29.8. The molecule has 7 aromatic rings. The predicted octanol–water partition coefficient (Wildman–Crippen LogP) is 8.86. The Hall–Kier alpha value is -5.22. The summed E-state index contributed by atoms with van der Waals surface area (Å²) in [5.41, 5.74) is 11.6. The molecule has 0 atom stereocenters. The Morgan fingerprint density at radius 2 is 1.24 bits per heavy atom. The van der Waals surface area contributed by atoms with Crippen molar-refractivity contribution in [2.75, 3.05) is 4.90 Å². The molecule has 4 heteroatoms. The van der Waals surface area contributed by atoms with Gasteiger partial charge in [0.15, 0.2) is 0 Å². The second-order valence-corrected chi connectivity index (χ2v) is 14.1. The van der Waals surface area contributed by atoms with E-state index in [-0.39, 0.29) is 12.1 Å². The van der Waals surface area contributed by atoms with Crippen LogP contribution in [0.15, 0.2) is 103 Å². The molecule has 0 N–H and O–H groups in total. The van der Waals surface area contributed by atoms with Gasteiger partial charge in [0.05, 0.1) is 0 Å². The molecule has 4 aliphatic heterocycles. The second kappa shape index (κ2) is 7.89. The van der Waals surface area contributed by atoms with Gasteiger partial charge in [-0.1, -0.05) is 106 Å². The molecule has 0 aliphatic carbocycles. The van der Waals surface area contributed by atoms with Gasteiger partial charge >= 0.3 is 0 Å². The number of benzene rings is 7. The quantitative estimate of drug-likeness (QED) is 0.168. The Balaban J connectivity index is 1.35. The van der Waals surface area contributed by atoms with Crippen LogP contribution in [0.3, 0.4) is 0 Å². The summed E-state index contributed by atoms with van der Waals surface area (Å²) in [4.78, 5) is 2.54. The molecule has 0 saturated heterocycles. The van der Waals surface area contributed by atoms with E-state index in [0.29, 0.717) is 0 Å². The maximum atomic E-state index is 7.18. The van der Waals surface area contributed by atoms with Crippen LogP contribution in [0.2, 0.25) is 0 Å². The lowest BCUT2D eigenvalue weighted by Crippen LogP contribution is -2.62. The lowest BCUT2D eigenvalue weighted by molar-refractivity contribution is 0.473. The molecule has 0 bridgehead atoms. The molecule has 11 rings (SSSR count). The molecule has 0 saturated carbocycles. The van der Waals surface area contributed by atoms with Gasteiger partial charge in [0.1, 0.15) is 23.0 Å². The van der Waals surface area contributed by atoms with Crippen molar-refractivity contribution in [1.82, 2.24) is 0 Å². The predicted molar refractivity (Wildman–Crippen MR) is 186 cm³/mol. The Morgan fingerprint density at radius 1 is 0.600 bits per heavy atom. The van der Waals surface area contributed by atoms with Gasteiger partial charge in [-0.3, -0.25) is 0 Å². The summed E-state index contributed by atoms with van der Waals surface area (Å²) in [7, 11) is 0. The van der Waals surface area contributed by atoms with Crippen molar-refractivity contribution in [1.29, 1.82) is 0 Å². The molecule has 212 valence electrons. The van der Waals surface area contributed by atoms with Gasteiger partial charge in [-0.25, -0.2) is 0 Å². The monoisotopic (exact) mass is 577 g/mol. The van der Waals surface area contributed by atoms with Crippen molar-refractivity contribution in [2.45, 2.75) is 32.6 Å². The Labute approximate surface area is 261 Å². The summed E-state index contributed by atoms with van der Waals surface area (Å²) in [5.74, 6) is 3.77.